The van der Waals surface area contributed by atoms with Crippen LogP contribution in [0.3, 0.4) is 0 Å². The number of phenols is 1. The molecule has 2 heterocycles. The number of halogens is 1. The highest BCUT2D eigenvalue weighted by Crippen LogP contribution is 2.21. The first-order chi connectivity index (χ1) is 12.6. The van der Waals surface area contributed by atoms with Crippen LogP contribution < -0.4 is 5.32 Å². The van der Waals surface area contributed by atoms with Crippen molar-refractivity contribution < 1.29 is 5.11 Å². The summed E-state index contributed by atoms with van der Waals surface area (Å²) in [5.41, 5.74) is 2.42. The van der Waals surface area contributed by atoms with E-state index in [0.717, 1.165) is 50.5 Å². The average Bonchev–Trinajstić information content (AvgIpc) is 3.24. The predicted octanol–water partition coefficient (Wildman–Crippen LogP) is 2.82. The van der Waals surface area contributed by atoms with E-state index in [2.05, 4.69) is 28.4 Å². The Hall–Kier alpha value is -1.77. The molecule has 0 spiro atoms. The summed E-state index contributed by atoms with van der Waals surface area (Å²) in [6.45, 7) is 5.77. The zero-order valence-corrected chi connectivity index (χ0v) is 18.5. The number of aryl methyl sites for hydroxylation is 1. The van der Waals surface area contributed by atoms with Gasteiger partial charge in [-0.05, 0) is 55.4 Å². The topological polar surface area (TPSA) is 65.7 Å². The number of nitrogens with one attached hydrogen (secondary N) is 1. The number of nitrogens with zero attached hydrogens (tertiary/aromatic N) is 4. The fourth-order valence-corrected chi connectivity index (χ4v) is 3.53. The Kier molecular flexibility index (Phi) is 8.40. The Morgan fingerprint density at radius 3 is 2.93 bits per heavy atom. The van der Waals surface area contributed by atoms with Gasteiger partial charge in [0.05, 0.1) is 6.20 Å². The summed E-state index contributed by atoms with van der Waals surface area (Å²) in [6.07, 6.45) is 7.17. The van der Waals surface area contributed by atoms with Gasteiger partial charge in [-0.3, -0.25) is 9.67 Å². The molecule has 1 unspecified atom stereocenters. The normalized spacial score (nSPS) is 17.0. The Balaban J connectivity index is 0.00000261. The molecule has 6 nitrogen and oxygen atoms in total. The second-order valence-corrected chi connectivity index (χ2v) is 6.98. The monoisotopic (exact) mass is 483 g/mol. The van der Waals surface area contributed by atoms with Crippen LogP contribution in [0.1, 0.15) is 24.5 Å². The summed E-state index contributed by atoms with van der Waals surface area (Å²) in [6, 6.07) is 7.41. The number of hydrogen-bond acceptors (Lipinski definition) is 3. The van der Waals surface area contributed by atoms with E-state index < -0.39 is 0 Å². The summed E-state index contributed by atoms with van der Waals surface area (Å²) >= 11 is 0. The smallest absolute Gasteiger partial charge is 0.193 e. The number of benzene rings is 1. The molecule has 0 bridgehead atoms. The number of guanidine groups is 1. The lowest BCUT2D eigenvalue weighted by Gasteiger charge is -2.21. The van der Waals surface area contributed by atoms with Crippen LogP contribution in [0.2, 0.25) is 0 Å². The molecule has 3 rings (SSSR count). The molecule has 148 valence electrons. The summed E-state index contributed by atoms with van der Waals surface area (Å²) in [4.78, 5) is 7.17. The molecule has 1 aromatic heterocycles. The third-order valence-corrected chi connectivity index (χ3v) is 4.78. The van der Waals surface area contributed by atoms with Crippen LogP contribution >= 0.6 is 24.0 Å². The van der Waals surface area contributed by atoms with Crippen LogP contribution in [-0.4, -0.2) is 51.9 Å². The molecule has 2 N–H and O–H groups in total. The fraction of sp³-hybridized carbons (Fsp3) is 0.500. The van der Waals surface area contributed by atoms with Crippen molar-refractivity contribution in [1.29, 1.82) is 0 Å². The Labute approximate surface area is 178 Å². The van der Waals surface area contributed by atoms with Crippen molar-refractivity contribution >= 4 is 29.9 Å². The highest BCUT2D eigenvalue weighted by Gasteiger charge is 2.25. The average molecular weight is 483 g/mol. The third-order valence-electron chi connectivity index (χ3n) is 4.78. The van der Waals surface area contributed by atoms with Gasteiger partial charge >= 0.3 is 0 Å². The van der Waals surface area contributed by atoms with Gasteiger partial charge in [0.15, 0.2) is 5.96 Å². The van der Waals surface area contributed by atoms with Crippen LogP contribution in [0.25, 0.3) is 0 Å². The van der Waals surface area contributed by atoms with Gasteiger partial charge in [0.25, 0.3) is 0 Å². The van der Waals surface area contributed by atoms with E-state index in [1.807, 2.05) is 36.1 Å². The lowest BCUT2D eigenvalue weighted by molar-refractivity contribution is 0.460. The molecule has 27 heavy (non-hydrogen) atoms. The van der Waals surface area contributed by atoms with Gasteiger partial charge in [0.1, 0.15) is 5.75 Å². The number of likely N-dealkylation sites (tertiary alicyclic amines) is 1. The summed E-state index contributed by atoms with van der Waals surface area (Å²) in [7, 11) is 1.97. The van der Waals surface area contributed by atoms with Gasteiger partial charge in [0.2, 0.25) is 0 Å². The second kappa shape index (κ2) is 10.5. The molecule has 0 radical (unpaired) electrons. The molecule has 1 atom stereocenters. The standard InChI is InChI=1S/C20H29N5O.HI/c1-3-21-20(22-9-7-16-5-4-6-19(26)12-16)25-10-8-17(15-25)11-18-13-23-24(2)14-18;/h4-6,12-14,17,26H,3,7-11,15H2,1-2H3,(H,21,22);1H. The minimum atomic E-state index is 0. The van der Waals surface area contributed by atoms with E-state index >= 15 is 0 Å². The van der Waals surface area contributed by atoms with E-state index in [1.54, 1.807) is 6.07 Å². The molecule has 0 amide bonds. The number of rotatable bonds is 6. The molecule has 7 heteroatoms. The number of aromatic nitrogens is 2. The van der Waals surface area contributed by atoms with E-state index in [4.69, 9.17) is 4.99 Å². The molecular weight excluding hydrogens is 453 g/mol. The molecule has 1 aromatic carbocycles. The molecule has 1 saturated heterocycles. The van der Waals surface area contributed by atoms with Crippen LogP contribution in [0, 0.1) is 5.92 Å². The molecule has 1 aliphatic heterocycles. The maximum absolute atomic E-state index is 9.57. The first kappa shape index (κ1) is 21.5. The third kappa shape index (κ3) is 6.41. The highest BCUT2D eigenvalue weighted by molar-refractivity contribution is 14.0. The van der Waals surface area contributed by atoms with Gasteiger partial charge in [-0.2, -0.15) is 5.10 Å². The van der Waals surface area contributed by atoms with E-state index in [9.17, 15) is 5.11 Å². The first-order valence-electron chi connectivity index (χ1n) is 9.42. The van der Waals surface area contributed by atoms with E-state index in [1.165, 1.54) is 12.0 Å². The van der Waals surface area contributed by atoms with Crippen molar-refractivity contribution in [3.8, 4) is 5.75 Å². The highest BCUT2D eigenvalue weighted by atomic mass is 127. The van der Waals surface area contributed by atoms with Crippen LogP contribution in [0.4, 0.5) is 0 Å². The number of hydrogen-bond donors (Lipinski definition) is 2. The number of aromatic hydroxyl groups is 1. The van der Waals surface area contributed by atoms with Gasteiger partial charge in [0, 0.05) is 39.4 Å². The second-order valence-electron chi connectivity index (χ2n) is 6.98. The Bertz CT molecular complexity index is 745. The number of phenolic OH excluding ortho intramolecular Hbond substituents is 1. The maximum atomic E-state index is 9.57. The van der Waals surface area contributed by atoms with Crippen molar-refractivity contribution in [3.63, 3.8) is 0 Å². The van der Waals surface area contributed by atoms with Gasteiger partial charge in [-0.1, -0.05) is 12.1 Å². The Morgan fingerprint density at radius 1 is 1.37 bits per heavy atom. The van der Waals surface area contributed by atoms with Crippen molar-refractivity contribution in [2.75, 3.05) is 26.2 Å². The molecule has 1 fully saturated rings. The molecule has 2 aromatic rings. The van der Waals surface area contributed by atoms with Gasteiger partial charge < -0.3 is 15.3 Å². The summed E-state index contributed by atoms with van der Waals surface area (Å²) in [5, 5.41) is 17.3. The van der Waals surface area contributed by atoms with Crippen molar-refractivity contribution in [2.45, 2.75) is 26.2 Å². The van der Waals surface area contributed by atoms with Crippen LogP contribution in [0.5, 0.6) is 5.75 Å². The Morgan fingerprint density at radius 2 is 2.22 bits per heavy atom. The molecule has 0 saturated carbocycles. The quantitative estimate of drug-likeness (QED) is 0.377. The first-order valence-corrected chi connectivity index (χ1v) is 9.42. The van der Waals surface area contributed by atoms with Crippen molar-refractivity contribution in [3.05, 3.63) is 47.8 Å². The molecule has 0 aliphatic carbocycles. The minimum Gasteiger partial charge on any atom is -0.508 e. The van der Waals surface area contributed by atoms with E-state index in [-0.39, 0.29) is 24.0 Å². The van der Waals surface area contributed by atoms with E-state index in [0.29, 0.717) is 11.7 Å². The van der Waals surface area contributed by atoms with Gasteiger partial charge in [-0.25, -0.2) is 0 Å². The summed E-state index contributed by atoms with van der Waals surface area (Å²) < 4.78 is 1.87. The largest absolute Gasteiger partial charge is 0.508 e. The lowest BCUT2D eigenvalue weighted by Crippen LogP contribution is -2.40. The zero-order chi connectivity index (χ0) is 18.4. The SMILES string of the molecule is CCNC(=NCCc1cccc(O)c1)N1CCC(Cc2cnn(C)c2)C1.I. The van der Waals surface area contributed by atoms with Gasteiger partial charge in [-0.15, -0.1) is 24.0 Å². The predicted molar refractivity (Wildman–Crippen MR) is 120 cm³/mol. The fourth-order valence-electron chi connectivity index (χ4n) is 3.53. The lowest BCUT2D eigenvalue weighted by atomic mass is 10.0. The summed E-state index contributed by atoms with van der Waals surface area (Å²) in [5.74, 6) is 1.96. The molecular formula is C20H30IN5O. The van der Waals surface area contributed by atoms with Crippen LogP contribution in [0.15, 0.2) is 41.7 Å². The number of aliphatic imine (C=N–C) groups is 1. The zero-order valence-electron chi connectivity index (χ0n) is 16.1. The van der Waals surface area contributed by atoms with Crippen molar-refractivity contribution in [2.24, 2.45) is 18.0 Å². The van der Waals surface area contributed by atoms with Crippen molar-refractivity contribution in [1.82, 2.24) is 20.0 Å². The maximum Gasteiger partial charge on any atom is 0.193 e. The van der Waals surface area contributed by atoms with Crippen LogP contribution in [-0.2, 0) is 19.9 Å². The minimum absolute atomic E-state index is 0. The molecule has 1 aliphatic rings.